The second-order valence-electron chi connectivity index (χ2n) is 22.8. The van der Waals surface area contributed by atoms with Crippen LogP contribution in [-0.2, 0) is 50.5 Å². The molecule has 7 N–H and O–H groups in total. The maximum absolute atomic E-state index is 13.9. The molecule has 3 aromatic rings. The number of nitrogens with one attached hydrogen (secondary N) is 5. The van der Waals surface area contributed by atoms with E-state index in [2.05, 4.69) is 68.3 Å². The molecule has 1 saturated heterocycles. The Kier molecular flexibility index (Phi) is 43.5. The van der Waals surface area contributed by atoms with Crippen LogP contribution < -0.4 is 35.5 Å². The fourth-order valence-corrected chi connectivity index (χ4v) is 10.0. The Morgan fingerprint density at radius 3 is 1.99 bits per heavy atom. The number of ether oxygens (including phenoxy) is 1. The summed E-state index contributed by atoms with van der Waals surface area (Å²) in [7, 11) is -5.21. The van der Waals surface area contributed by atoms with Gasteiger partial charge in [0.25, 0.3) is 11.8 Å². The Morgan fingerprint density at radius 1 is 0.811 bits per heavy atom. The van der Waals surface area contributed by atoms with Crippen molar-refractivity contribution < 1.29 is 110 Å². The van der Waals surface area contributed by atoms with E-state index in [9.17, 15) is 59.9 Å². The Morgan fingerprint density at radius 2 is 1.44 bits per heavy atom. The summed E-state index contributed by atoms with van der Waals surface area (Å²) in [6.07, 6.45) is 13.9. The number of hydrogen-bond acceptors (Lipinski definition) is 17. The van der Waals surface area contributed by atoms with E-state index in [-0.39, 0.29) is 93.7 Å². The predicted molar refractivity (Wildman–Crippen MR) is 350 cm³/mol. The molecule has 2 heterocycles. The molecule has 5 amide bonds. The normalized spacial score (nSPS) is 14.2. The molecule has 528 valence electrons. The van der Waals surface area contributed by atoms with E-state index in [4.69, 9.17) is 19.7 Å². The number of nitrogens with zero attached hydrogens (tertiary/aromatic N) is 5. The molecule has 2 aliphatic rings. The summed E-state index contributed by atoms with van der Waals surface area (Å²) in [5, 5.41) is 40.7. The van der Waals surface area contributed by atoms with Crippen LogP contribution in [0.4, 0.5) is 12.7 Å². The standard InChI is InChI=1S/C49H64F3N9O9S.C8H17NO2.C6H12O2.C3H5O.U/c1-3-5-6-26-60(25-4-2)32-43(35-8-7-9-35)55-22-23-56-44(62)19-17-42(59-45(63)18-12-34-10-13-37(14-11-34)70-71(52,67)68)48(66)57-24-27-69-38-15-16-41-40(28-38)39(20-21-54-41)47(65)58-31-46(64)61-33-49(50,51)29-36(61)30-53;1-3-5-9(6-4-2)7-8(10)11;1-3-5(2)4-6(7)8;1-2-3-4;/h10-11,13-16,20-21,28,36,42,55H,3-9,12,17-19,22-27,29,31-33H2,1-2H3,(H,56,62)(H,57,66)(H,58,65)(H,59,63);3-7H2,1-2H3,(H,10,11);5H,3-4H2,1-2H3,(H,7,8);2H2,1H3;/q;;;-1;. The number of rotatable bonds is 39. The number of hydrogen-bond donors (Lipinski definition) is 7. The summed E-state index contributed by atoms with van der Waals surface area (Å²) in [5.74, 6) is -7.16. The summed E-state index contributed by atoms with van der Waals surface area (Å²) in [4.78, 5) is 105. The zero-order chi connectivity index (χ0) is 70.1. The molecular weight excluding hydrogens is 1480 g/mol. The smallest absolute Gasteiger partial charge is 0.488 e. The minimum absolute atomic E-state index is 0. The van der Waals surface area contributed by atoms with Crippen LogP contribution in [0.1, 0.15) is 167 Å². The maximum Gasteiger partial charge on any atom is 0.488 e. The topological polar surface area (TPSA) is 336 Å². The molecule has 24 nitrogen and oxygen atoms in total. The van der Waals surface area contributed by atoms with Crippen LogP contribution in [0.15, 0.2) is 66.0 Å². The fraction of sp³-hybridized carbons (Fsp3) is 0.606. The molecule has 95 heavy (non-hydrogen) atoms. The number of benzene rings is 2. The molecule has 1 saturated carbocycles. The summed E-state index contributed by atoms with van der Waals surface area (Å²) >= 11 is 0. The first kappa shape index (κ1) is 86.2. The van der Waals surface area contributed by atoms with Crippen molar-refractivity contribution in [3.63, 3.8) is 0 Å². The van der Waals surface area contributed by atoms with Gasteiger partial charge in [0.15, 0.2) is 0 Å². The van der Waals surface area contributed by atoms with E-state index in [0.717, 1.165) is 89.0 Å². The molecule has 5 rings (SSSR count). The number of alkyl halides is 2. The minimum Gasteiger partial charge on any atom is -0.542 e. The van der Waals surface area contributed by atoms with Crippen LogP contribution in [0.5, 0.6) is 11.5 Å². The Bertz CT molecular complexity index is 3040. The number of halogens is 3. The number of likely N-dealkylation sites (tertiary alicyclic amines) is 1. The largest absolute Gasteiger partial charge is 0.542 e. The average molecular weight is 1580 g/mol. The average Bonchev–Trinajstić information content (AvgIpc) is 1.84. The summed E-state index contributed by atoms with van der Waals surface area (Å²) in [5.41, 5.74) is 3.78. The van der Waals surface area contributed by atoms with Gasteiger partial charge in [0.2, 0.25) is 23.6 Å². The van der Waals surface area contributed by atoms with Crippen molar-refractivity contribution in [2.45, 2.75) is 176 Å². The third-order valence-electron chi connectivity index (χ3n) is 14.8. The van der Waals surface area contributed by atoms with Crippen molar-refractivity contribution in [2.75, 3.05) is 78.6 Å². The minimum atomic E-state index is -5.21. The molecule has 1 aliphatic carbocycles. The third kappa shape index (κ3) is 36.7. The van der Waals surface area contributed by atoms with Crippen molar-refractivity contribution in [3.05, 3.63) is 77.1 Å². The molecule has 3 unspecified atom stereocenters. The number of fused-ring (bicyclic) bond motifs is 1. The number of amides is 5. The number of nitriles is 1. The molecule has 29 heteroatoms. The van der Waals surface area contributed by atoms with Crippen LogP contribution in [0, 0.1) is 48.4 Å². The summed E-state index contributed by atoms with van der Waals surface area (Å²) in [6.45, 7) is 18.3. The van der Waals surface area contributed by atoms with E-state index < -0.39 is 83.6 Å². The van der Waals surface area contributed by atoms with Crippen LogP contribution >= 0.6 is 0 Å². The van der Waals surface area contributed by atoms with Gasteiger partial charge in [-0.15, -0.1) is 0 Å². The van der Waals surface area contributed by atoms with Crippen molar-refractivity contribution in [2.24, 2.45) is 5.92 Å². The van der Waals surface area contributed by atoms with Gasteiger partial charge in [-0.25, -0.2) is 8.78 Å². The fourth-order valence-electron chi connectivity index (χ4n) is 9.70. The predicted octanol–water partition coefficient (Wildman–Crippen LogP) is 7.96. The van der Waals surface area contributed by atoms with Crippen LogP contribution in [0.3, 0.4) is 0 Å². The Labute approximate surface area is 581 Å². The molecule has 2 fully saturated rings. The first-order chi connectivity index (χ1) is 44.7. The number of pyridine rings is 1. The first-order valence-electron chi connectivity index (χ1n) is 32.4. The molecule has 2 aromatic carbocycles. The number of aliphatic carboxylic acids is 2. The SMILES string of the molecule is CCC(C)CC(=O)O.CCCCCN(CCC)CC(NCCNC(=O)CCC(NC(=O)CCc1ccc(OS(=O)(=O)F)cc1)C(=O)NCCOc1ccc2nccc(C(=O)NCC(=O)N3CC(F)(F)CC3C#N)c2c1)=C1CCC1.CCCN(CCC)CC(=O)O.CC[C-]=O.[U]. The van der Waals surface area contributed by atoms with Crippen LogP contribution in [0.2, 0.25) is 0 Å². The van der Waals surface area contributed by atoms with E-state index in [1.165, 1.54) is 66.7 Å². The summed E-state index contributed by atoms with van der Waals surface area (Å²) < 4.78 is 72.5. The molecule has 3 atom stereocenters. The molecular formula is C66H98F3N10O14SU-. The number of carboxylic acid groups (broad SMARTS) is 2. The molecule has 0 radical (unpaired) electrons. The van der Waals surface area contributed by atoms with E-state index in [1.807, 2.05) is 18.7 Å². The molecule has 1 aromatic heterocycles. The number of carboxylic acids is 2. The molecule has 0 spiro atoms. The van der Waals surface area contributed by atoms with Crippen molar-refractivity contribution in [3.8, 4) is 17.6 Å². The Hall–Kier alpha value is -6.85. The Balaban J connectivity index is 0.00000159. The van der Waals surface area contributed by atoms with Gasteiger partial charge in [0.1, 0.15) is 30.2 Å². The van der Waals surface area contributed by atoms with Gasteiger partial charge >= 0.3 is 22.4 Å². The van der Waals surface area contributed by atoms with Crippen molar-refractivity contribution in [1.29, 1.82) is 5.26 Å². The van der Waals surface area contributed by atoms with Gasteiger partial charge in [-0.3, -0.25) is 54.6 Å². The summed E-state index contributed by atoms with van der Waals surface area (Å²) in [6, 6.07) is 10.8. The van der Waals surface area contributed by atoms with Gasteiger partial charge in [0, 0.05) is 93.7 Å². The number of carbonyl (C=O) groups is 7. The number of unbranched alkanes of at least 4 members (excludes halogenated alkanes) is 2. The van der Waals surface area contributed by atoms with Gasteiger partial charge in [-0.1, -0.05) is 83.7 Å². The third-order valence-corrected chi connectivity index (χ3v) is 15.2. The monoisotopic (exact) mass is 1580 g/mol. The zero-order valence-electron chi connectivity index (χ0n) is 56.0. The number of allylic oxidation sites excluding steroid dienone is 1. The number of aryl methyl sites for hydroxylation is 1. The van der Waals surface area contributed by atoms with Gasteiger partial charge < -0.3 is 55.4 Å². The van der Waals surface area contributed by atoms with Crippen molar-refractivity contribution >= 4 is 69.2 Å². The zero-order valence-corrected chi connectivity index (χ0v) is 61.0. The molecule has 0 bridgehead atoms. The van der Waals surface area contributed by atoms with Crippen molar-refractivity contribution in [1.82, 2.24) is 46.3 Å². The van der Waals surface area contributed by atoms with E-state index >= 15 is 0 Å². The second-order valence-corrected chi connectivity index (χ2v) is 23.8. The van der Waals surface area contributed by atoms with Crippen LogP contribution in [0.25, 0.3) is 10.9 Å². The second kappa shape index (κ2) is 47.9. The number of carbonyl (C=O) groups excluding carboxylic acids is 6. The van der Waals surface area contributed by atoms with E-state index in [0.29, 0.717) is 54.1 Å². The number of aromatic nitrogens is 1. The van der Waals surface area contributed by atoms with Gasteiger partial charge in [0.05, 0.1) is 43.3 Å². The van der Waals surface area contributed by atoms with Gasteiger partial charge in [-0.05, 0) is 137 Å². The quantitative estimate of drug-likeness (QED) is 0.0162. The van der Waals surface area contributed by atoms with Gasteiger partial charge in [-0.2, -0.15) is 20.1 Å². The molecule has 1 aliphatic heterocycles. The maximum atomic E-state index is 13.9. The van der Waals surface area contributed by atoms with Crippen LogP contribution in [-0.4, -0.2) is 183 Å². The first-order valence-corrected chi connectivity index (χ1v) is 33.7. The van der Waals surface area contributed by atoms with E-state index in [1.54, 1.807) is 31.4 Å².